The van der Waals surface area contributed by atoms with Gasteiger partial charge in [0.1, 0.15) is 0 Å². The zero-order valence-electron chi connectivity index (χ0n) is 30.9. The predicted molar refractivity (Wildman–Crippen MR) is 231 cm³/mol. The first kappa shape index (κ1) is 38.0. The van der Waals surface area contributed by atoms with E-state index in [9.17, 15) is 36.1 Å². The van der Waals surface area contributed by atoms with Gasteiger partial charge in [-0.15, -0.1) is 0 Å². The lowest BCUT2D eigenvalue weighted by Crippen LogP contribution is -1.97. The summed E-state index contributed by atoms with van der Waals surface area (Å²) in [5.41, 5.74) is 16.3. The normalized spacial score (nSPS) is 12.5. The van der Waals surface area contributed by atoms with Crippen LogP contribution in [-0.4, -0.2) is 50.8 Å². The van der Waals surface area contributed by atoms with Crippen LogP contribution in [0.1, 0.15) is 22.8 Å². The Bertz CT molecular complexity index is 3380. The Labute approximate surface area is 341 Å². The Kier molecular flexibility index (Phi) is 9.13. The maximum Gasteiger partial charge on any atom is 0.294 e. The number of rotatable bonds is 7. The Morgan fingerprint density at radius 3 is 1.03 bits per heavy atom. The molecule has 0 saturated carbocycles. The Hall–Kier alpha value is -7.50. The summed E-state index contributed by atoms with van der Waals surface area (Å²) in [4.78, 5) is 27.9. The van der Waals surface area contributed by atoms with Crippen LogP contribution in [0.25, 0.3) is 90.9 Å². The molecular weight excluding hydrogens is 805 g/mol. The minimum atomic E-state index is -4.50. The topological polar surface area (TPSA) is 235 Å². The van der Waals surface area contributed by atoms with Crippen LogP contribution in [0.4, 0.5) is 11.4 Å². The number of non-ortho nitro benzene ring substituents is 1. The molecule has 0 saturated heterocycles. The number of nitrogen functional groups attached to an aromatic ring is 1. The molecule has 3 aromatic heterocycles. The first-order valence-electron chi connectivity index (χ1n) is 18.1. The van der Waals surface area contributed by atoms with Gasteiger partial charge in [0, 0.05) is 62.1 Å². The number of benzene rings is 4. The quantitative estimate of drug-likeness (QED) is 0.0439. The Morgan fingerprint density at radius 1 is 0.467 bits per heavy atom. The molecule has 0 unspecified atom stereocenters. The third kappa shape index (κ3) is 7.05. The molecule has 7 aromatic rings. The highest BCUT2D eigenvalue weighted by Gasteiger charge is 2.21. The second kappa shape index (κ2) is 14.4. The predicted octanol–water partition coefficient (Wildman–Crippen LogP) is 9.31. The molecule has 6 N–H and O–H groups in total. The number of aromatic amines is 2. The number of nitrogens with zero attached hydrogens (tertiary/aromatic N) is 3. The molecule has 2 aliphatic rings. The van der Waals surface area contributed by atoms with E-state index >= 15 is 0 Å². The van der Waals surface area contributed by atoms with E-state index in [0.29, 0.717) is 83.9 Å². The van der Waals surface area contributed by atoms with Crippen LogP contribution in [0.2, 0.25) is 0 Å². The average molecular weight is 835 g/mol. The third-order valence-corrected chi connectivity index (χ3v) is 11.9. The van der Waals surface area contributed by atoms with Crippen LogP contribution >= 0.6 is 0 Å². The molecule has 9 rings (SSSR count). The van der Waals surface area contributed by atoms with E-state index in [1.165, 1.54) is 36.4 Å². The molecule has 2 aliphatic heterocycles. The summed E-state index contributed by atoms with van der Waals surface area (Å²) in [6, 6.07) is 32.4. The first-order chi connectivity index (χ1) is 28.7. The van der Waals surface area contributed by atoms with E-state index in [-0.39, 0.29) is 15.5 Å². The fourth-order valence-electron chi connectivity index (χ4n) is 7.41. The molecule has 60 heavy (non-hydrogen) atoms. The zero-order valence-corrected chi connectivity index (χ0v) is 32.6. The minimum absolute atomic E-state index is 0.0787. The highest BCUT2D eigenvalue weighted by molar-refractivity contribution is 7.86. The number of aromatic nitrogens is 4. The number of fused-ring (bicyclic) bond motifs is 8. The van der Waals surface area contributed by atoms with Crippen molar-refractivity contribution in [1.29, 1.82) is 0 Å². The standard InChI is InChI=1S/C44H30N6O8S2/c45-29-9-1-25(2-10-29)41-33-17-19-35(46-33)42(26-3-11-30(12-4-26)50(51)52)36-20-22-38(48-36)44(28-7-15-32(16-8-28)60(56,57)58)40-24-23-39(49-40)43(37-21-18-34(41)47-37)27-5-13-31(14-6-27)59(53,54)55/h1-24,46,49H,45H2,(H,53,54,55)(H,56,57,58). The molecule has 0 radical (unpaired) electrons. The van der Waals surface area contributed by atoms with E-state index in [0.717, 1.165) is 11.1 Å². The molecule has 0 atom stereocenters. The average Bonchev–Trinajstić information content (AvgIpc) is 4.07. The molecule has 0 amide bonds. The van der Waals surface area contributed by atoms with Crippen molar-refractivity contribution in [3.05, 3.63) is 154 Å². The lowest BCUT2D eigenvalue weighted by atomic mass is 10.0. The van der Waals surface area contributed by atoms with Crippen LogP contribution < -0.4 is 5.73 Å². The Balaban J connectivity index is 1.44. The van der Waals surface area contributed by atoms with E-state index < -0.39 is 25.2 Å². The number of nitro benzene ring substituents is 1. The van der Waals surface area contributed by atoms with Gasteiger partial charge in [-0.05, 0) is 119 Å². The van der Waals surface area contributed by atoms with Gasteiger partial charge in [0.05, 0.1) is 37.5 Å². The molecular formula is C44H30N6O8S2. The summed E-state index contributed by atoms with van der Waals surface area (Å²) in [7, 11) is -8.98. The van der Waals surface area contributed by atoms with Gasteiger partial charge >= 0.3 is 0 Å². The van der Waals surface area contributed by atoms with Gasteiger partial charge in [-0.3, -0.25) is 19.2 Å². The maximum atomic E-state index is 12.0. The van der Waals surface area contributed by atoms with Crippen molar-refractivity contribution < 1.29 is 30.9 Å². The van der Waals surface area contributed by atoms with Crippen molar-refractivity contribution in [2.75, 3.05) is 5.73 Å². The number of hydrogen-bond acceptors (Lipinski definition) is 9. The van der Waals surface area contributed by atoms with Crippen LogP contribution in [0.3, 0.4) is 0 Å². The van der Waals surface area contributed by atoms with Gasteiger partial charge in [0.2, 0.25) is 0 Å². The molecule has 0 fully saturated rings. The van der Waals surface area contributed by atoms with Crippen LogP contribution in [0, 0.1) is 10.1 Å². The number of nitrogens with two attached hydrogens (primary N) is 1. The lowest BCUT2D eigenvalue weighted by Gasteiger charge is -2.08. The van der Waals surface area contributed by atoms with Crippen molar-refractivity contribution in [1.82, 2.24) is 19.9 Å². The van der Waals surface area contributed by atoms with Gasteiger partial charge in [-0.1, -0.05) is 36.4 Å². The van der Waals surface area contributed by atoms with Gasteiger partial charge in [0.25, 0.3) is 25.9 Å². The highest BCUT2D eigenvalue weighted by atomic mass is 32.2. The van der Waals surface area contributed by atoms with Gasteiger partial charge in [-0.25, -0.2) is 9.97 Å². The van der Waals surface area contributed by atoms with Crippen LogP contribution in [0.15, 0.2) is 131 Å². The van der Waals surface area contributed by atoms with Crippen molar-refractivity contribution in [2.24, 2.45) is 0 Å². The van der Waals surface area contributed by atoms with E-state index in [4.69, 9.17) is 15.7 Å². The van der Waals surface area contributed by atoms with Crippen molar-refractivity contribution in [3.63, 3.8) is 0 Å². The molecule has 0 aliphatic carbocycles. The summed E-state index contributed by atoms with van der Waals surface area (Å²) in [6.07, 6.45) is 7.35. The smallest absolute Gasteiger partial charge is 0.294 e. The maximum absolute atomic E-state index is 12.0. The number of hydrogen-bond donors (Lipinski definition) is 5. The monoisotopic (exact) mass is 834 g/mol. The van der Waals surface area contributed by atoms with Gasteiger partial charge in [0.15, 0.2) is 0 Å². The van der Waals surface area contributed by atoms with Gasteiger partial charge < -0.3 is 15.7 Å². The SMILES string of the molecule is Nc1ccc(-c2c3nc(c(-c4ccc(S(=O)(=O)O)cc4)c4ccc([nH]4)c(-c4ccc(S(=O)(=O)O)cc4)c4nc(c(-c5ccc([N+](=O)[O-])cc5)c5ccc2[nH]5)C=C4)C=C3)cc1. The molecule has 4 aromatic carbocycles. The number of anilines is 1. The van der Waals surface area contributed by atoms with E-state index in [1.54, 1.807) is 48.5 Å². The fraction of sp³-hybridized carbons (Fsp3) is 0. The van der Waals surface area contributed by atoms with Crippen molar-refractivity contribution in [2.45, 2.75) is 9.79 Å². The summed E-state index contributed by atoms with van der Waals surface area (Å²) < 4.78 is 67.5. The first-order valence-corrected chi connectivity index (χ1v) is 21.0. The largest absolute Gasteiger partial charge is 0.399 e. The summed E-state index contributed by atoms with van der Waals surface area (Å²) in [6.45, 7) is 0. The number of H-pyrrole nitrogens is 2. The van der Waals surface area contributed by atoms with Crippen molar-refractivity contribution >= 4 is 78.0 Å². The number of nitrogens with one attached hydrogen (secondary N) is 2. The molecule has 16 heteroatoms. The van der Waals surface area contributed by atoms with Crippen molar-refractivity contribution in [3.8, 4) is 44.5 Å². The second-order valence-electron chi connectivity index (χ2n) is 13.9. The van der Waals surface area contributed by atoms with E-state index in [2.05, 4.69) is 9.97 Å². The minimum Gasteiger partial charge on any atom is -0.399 e. The van der Waals surface area contributed by atoms with E-state index in [1.807, 2.05) is 60.7 Å². The third-order valence-electron chi connectivity index (χ3n) is 10.2. The number of nitro groups is 1. The molecule has 5 heterocycles. The zero-order chi connectivity index (χ0) is 41.9. The van der Waals surface area contributed by atoms with Gasteiger partial charge in [-0.2, -0.15) is 16.8 Å². The molecule has 8 bridgehead atoms. The second-order valence-corrected chi connectivity index (χ2v) is 16.8. The summed E-state index contributed by atoms with van der Waals surface area (Å²) in [5, 5.41) is 11.6. The Morgan fingerprint density at radius 2 is 0.750 bits per heavy atom. The highest BCUT2D eigenvalue weighted by Crippen LogP contribution is 2.39. The van der Waals surface area contributed by atoms with Crippen LogP contribution in [-0.2, 0) is 20.2 Å². The lowest BCUT2D eigenvalue weighted by molar-refractivity contribution is -0.384. The molecule has 296 valence electrons. The van der Waals surface area contributed by atoms with Crippen LogP contribution in [0.5, 0.6) is 0 Å². The molecule has 14 nitrogen and oxygen atoms in total. The fourth-order valence-corrected chi connectivity index (χ4v) is 8.37. The summed E-state index contributed by atoms with van der Waals surface area (Å²) in [5.74, 6) is 0. The summed E-state index contributed by atoms with van der Waals surface area (Å²) >= 11 is 0. The molecule has 0 spiro atoms.